The van der Waals surface area contributed by atoms with E-state index in [0.29, 0.717) is 23.5 Å². The summed E-state index contributed by atoms with van der Waals surface area (Å²) >= 11 is 1.65. The van der Waals surface area contributed by atoms with Crippen molar-refractivity contribution < 1.29 is 4.74 Å². The molecule has 1 N–H and O–H groups in total. The minimum Gasteiger partial charge on any atom is -0.437 e. The lowest BCUT2D eigenvalue weighted by Gasteiger charge is -2.28. The summed E-state index contributed by atoms with van der Waals surface area (Å²) in [4.78, 5) is 17.3. The largest absolute Gasteiger partial charge is 0.437 e. The van der Waals surface area contributed by atoms with Crippen molar-refractivity contribution in [1.82, 2.24) is 29.7 Å². The maximum absolute atomic E-state index is 5.93. The van der Waals surface area contributed by atoms with Crippen LogP contribution in [-0.4, -0.2) is 35.8 Å². The predicted molar refractivity (Wildman–Crippen MR) is 116 cm³/mol. The van der Waals surface area contributed by atoms with Crippen LogP contribution in [-0.2, 0) is 0 Å². The lowest BCUT2D eigenvalue weighted by atomic mass is 9.85. The molecule has 0 amide bonds. The number of aromatic nitrogens is 6. The number of rotatable bonds is 6. The van der Waals surface area contributed by atoms with Crippen molar-refractivity contribution in [3.8, 4) is 17.4 Å². The van der Waals surface area contributed by atoms with Crippen LogP contribution >= 0.6 is 11.3 Å². The third-order valence-corrected chi connectivity index (χ3v) is 6.49. The van der Waals surface area contributed by atoms with Crippen molar-refractivity contribution >= 4 is 26.7 Å². The van der Waals surface area contributed by atoms with Crippen LogP contribution in [0.1, 0.15) is 39.0 Å². The minimum absolute atomic E-state index is 0.399. The molecule has 1 saturated carbocycles. The Morgan fingerprint density at radius 2 is 2.03 bits per heavy atom. The number of fused-ring (bicyclic) bond motifs is 1. The van der Waals surface area contributed by atoms with Gasteiger partial charge >= 0.3 is 0 Å². The number of ether oxygens (including phenoxy) is 1. The molecule has 1 aliphatic carbocycles. The van der Waals surface area contributed by atoms with Crippen LogP contribution < -0.4 is 10.1 Å². The smallest absolute Gasteiger partial charge is 0.239 e. The number of anilines is 1. The molecular formula is C21H23N7OS. The molecule has 30 heavy (non-hydrogen) atoms. The van der Waals surface area contributed by atoms with E-state index < -0.39 is 0 Å². The molecule has 1 atom stereocenters. The van der Waals surface area contributed by atoms with Crippen LogP contribution in [0.2, 0.25) is 0 Å². The van der Waals surface area contributed by atoms with Gasteiger partial charge in [0.2, 0.25) is 5.88 Å². The zero-order valence-electron chi connectivity index (χ0n) is 16.7. The van der Waals surface area contributed by atoms with Crippen LogP contribution in [0.25, 0.3) is 16.0 Å². The van der Waals surface area contributed by atoms with Gasteiger partial charge in [0.25, 0.3) is 0 Å². The van der Waals surface area contributed by atoms with Crippen molar-refractivity contribution in [3.05, 3.63) is 43.2 Å². The van der Waals surface area contributed by atoms with E-state index >= 15 is 0 Å². The molecule has 1 unspecified atom stereocenters. The van der Waals surface area contributed by atoms with Crippen LogP contribution in [0.4, 0.5) is 5.13 Å². The summed E-state index contributed by atoms with van der Waals surface area (Å²) in [6.45, 7) is 2.28. The molecule has 0 aliphatic heterocycles. The van der Waals surface area contributed by atoms with E-state index in [9.17, 15) is 0 Å². The molecule has 0 saturated heterocycles. The molecular weight excluding hydrogens is 398 g/mol. The quantitative estimate of drug-likeness (QED) is 0.476. The topological polar surface area (TPSA) is 90.6 Å². The Balaban J connectivity index is 1.31. The van der Waals surface area contributed by atoms with Gasteiger partial charge in [0.1, 0.15) is 18.4 Å². The number of benzene rings is 1. The zero-order valence-corrected chi connectivity index (χ0v) is 17.5. The maximum atomic E-state index is 5.93. The molecule has 0 spiro atoms. The molecule has 5 rings (SSSR count). The van der Waals surface area contributed by atoms with E-state index in [4.69, 9.17) is 9.72 Å². The van der Waals surface area contributed by atoms with Gasteiger partial charge < -0.3 is 10.1 Å². The van der Waals surface area contributed by atoms with Gasteiger partial charge in [-0.15, -0.1) is 0 Å². The summed E-state index contributed by atoms with van der Waals surface area (Å²) in [7, 11) is 0. The molecule has 3 aromatic heterocycles. The monoisotopic (exact) mass is 421 g/mol. The second kappa shape index (κ2) is 8.35. The fourth-order valence-electron chi connectivity index (χ4n) is 3.92. The summed E-state index contributed by atoms with van der Waals surface area (Å²) in [6, 6.07) is 6.32. The van der Waals surface area contributed by atoms with E-state index in [2.05, 4.69) is 32.3 Å². The molecule has 154 valence electrons. The minimum atomic E-state index is 0.399. The first kappa shape index (κ1) is 18.9. The van der Waals surface area contributed by atoms with E-state index in [0.717, 1.165) is 21.3 Å². The van der Waals surface area contributed by atoms with E-state index in [-0.39, 0.29) is 0 Å². The number of thiazole rings is 1. The van der Waals surface area contributed by atoms with E-state index in [1.807, 2.05) is 18.2 Å². The number of nitrogens with one attached hydrogen (secondary N) is 1. The summed E-state index contributed by atoms with van der Waals surface area (Å²) in [6.07, 6.45) is 12.9. The first-order chi connectivity index (χ1) is 14.7. The van der Waals surface area contributed by atoms with Gasteiger partial charge in [0.15, 0.2) is 10.9 Å². The highest BCUT2D eigenvalue weighted by atomic mass is 32.1. The molecule has 1 aromatic carbocycles. The van der Waals surface area contributed by atoms with Gasteiger partial charge in [-0.3, -0.25) is 4.98 Å². The first-order valence-corrected chi connectivity index (χ1v) is 11.1. The Morgan fingerprint density at radius 1 is 1.13 bits per heavy atom. The highest BCUT2D eigenvalue weighted by molar-refractivity contribution is 7.22. The second-order valence-electron chi connectivity index (χ2n) is 7.64. The summed E-state index contributed by atoms with van der Waals surface area (Å²) in [5.74, 6) is 2.38. The van der Waals surface area contributed by atoms with Gasteiger partial charge in [0.05, 0.1) is 22.6 Å². The molecule has 0 radical (unpaired) electrons. The number of hydrogen-bond donors (Lipinski definition) is 1. The highest BCUT2D eigenvalue weighted by Gasteiger charge is 2.21. The molecule has 1 fully saturated rings. The second-order valence-corrected chi connectivity index (χ2v) is 8.67. The van der Waals surface area contributed by atoms with Crippen LogP contribution in [0.15, 0.2) is 43.2 Å². The Kier molecular flexibility index (Phi) is 5.27. The van der Waals surface area contributed by atoms with Crippen molar-refractivity contribution in [1.29, 1.82) is 0 Å². The van der Waals surface area contributed by atoms with E-state index in [1.165, 1.54) is 43.1 Å². The zero-order chi connectivity index (χ0) is 20.3. The fourth-order valence-corrected chi connectivity index (χ4v) is 4.91. The Morgan fingerprint density at radius 3 is 2.87 bits per heavy atom. The maximum Gasteiger partial charge on any atom is 0.239 e. The Hall–Kier alpha value is -3.07. The van der Waals surface area contributed by atoms with Gasteiger partial charge in [-0.1, -0.05) is 30.6 Å². The van der Waals surface area contributed by atoms with Crippen molar-refractivity contribution in [3.63, 3.8) is 0 Å². The van der Waals surface area contributed by atoms with Gasteiger partial charge in [0, 0.05) is 12.1 Å². The average Bonchev–Trinajstić information content (AvgIpc) is 3.44. The van der Waals surface area contributed by atoms with Gasteiger partial charge in [-0.05, 0) is 37.8 Å². The molecule has 4 aromatic rings. The number of hydrogen-bond acceptors (Lipinski definition) is 8. The number of nitrogens with zero attached hydrogens (tertiary/aromatic N) is 6. The Labute approximate surface area is 178 Å². The molecule has 0 bridgehead atoms. The van der Waals surface area contributed by atoms with E-state index in [1.54, 1.807) is 30.1 Å². The normalized spacial score (nSPS) is 15.9. The Bertz CT molecular complexity index is 1120. The summed E-state index contributed by atoms with van der Waals surface area (Å²) in [5.41, 5.74) is 0.966. The lowest BCUT2D eigenvalue weighted by Crippen LogP contribution is -2.27. The van der Waals surface area contributed by atoms with Crippen LogP contribution in [0.3, 0.4) is 0 Å². The molecule has 8 nitrogen and oxygen atoms in total. The van der Waals surface area contributed by atoms with Gasteiger partial charge in [-0.2, -0.15) is 10.1 Å². The third kappa shape index (κ3) is 4.11. The van der Waals surface area contributed by atoms with Crippen molar-refractivity contribution in [2.24, 2.45) is 5.92 Å². The standard InChI is InChI=1S/C21H23N7OS/c1-14(15-5-3-2-4-6-15)25-21-26-17-8-7-16(9-18(17)30-21)29-20-11-22-10-19(27-20)28-13-23-12-24-28/h7-15H,2-6H2,1H3,(H,25,26). The summed E-state index contributed by atoms with van der Waals surface area (Å²) < 4.78 is 8.55. The molecule has 1 aliphatic rings. The van der Waals surface area contributed by atoms with Gasteiger partial charge in [-0.25, -0.2) is 14.6 Å². The highest BCUT2D eigenvalue weighted by Crippen LogP contribution is 2.33. The fraction of sp³-hybridized carbons (Fsp3) is 0.381. The molecule has 3 heterocycles. The average molecular weight is 422 g/mol. The molecule has 9 heteroatoms. The third-order valence-electron chi connectivity index (χ3n) is 5.54. The van der Waals surface area contributed by atoms with Crippen LogP contribution in [0.5, 0.6) is 11.6 Å². The SMILES string of the molecule is CC(Nc1nc2ccc(Oc3cncc(-n4cncn4)n3)cc2s1)C1CCCCC1. The predicted octanol–water partition coefficient (Wildman–Crippen LogP) is 4.84. The lowest BCUT2D eigenvalue weighted by molar-refractivity contribution is 0.328. The first-order valence-electron chi connectivity index (χ1n) is 10.3. The van der Waals surface area contributed by atoms with Crippen molar-refractivity contribution in [2.75, 3.05) is 5.32 Å². The van der Waals surface area contributed by atoms with Crippen LogP contribution in [0, 0.1) is 5.92 Å². The summed E-state index contributed by atoms with van der Waals surface area (Å²) in [5, 5.41) is 8.66. The van der Waals surface area contributed by atoms with Crippen molar-refractivity contribution in [2.45, 2.75) is 45.1 Å².